The summed E-state index contributed by atoms with van der Waals surface area (Å²) in [6, 6.07) is 8.95. The molecule has 0 spiro atoms. The lowest BCUT2D eigenvalue weighted by molar-refractivity contribution is 0.395. The van der Waals surface area contributed by atoms with Crippen molar-refractivity contribution in [2.45, 2.75) is 0 Å². The van der Waals surface area contributed by atoms with Gasteiger partial charge in [-0.05, 0) is 23.6 Å². The Labute approximate surface area is 135 Å². The van der Waals surface area contributed by atoms with Crippen LogP contribution in [-0.4, -0.2) is 29.4 Å². The van der Waals surface area contributed by atoms with E-state index in [0.29, 0.717) is 22.9 Å². The number of thiophene rings is 1. The maximum atomic E-state index is 12.1. The van der Waals surface area contributed by atoms with Gasteiger partial charge in [0.05, 0.1) is 24.8 Å². The van der Waals surface area contributed by atoms with Gasteiger partial charge in [-0.3, -0.25) is 9.78 Å². The summed E-state index contributed by atoms with van der Waals surface area (Å²) < 4.78 is 10.4. The van der Waals surface area contributed by atoms with Crippen LogP contribution in [0, 0.1) is 0 Å². The molecule has 0 fully saturated rings. The highest BCUT2D eigenvalue weighted by Gasteiger charge is 2.10. The smallest absolute Gasteiger partial charge is 0.280 e. The fourth-order valence-electron chi connectivity index (χ4n) is 2.00. The van der Waals surface area contributed by atoms with E-state index in [-0.39, 0.29) is 11.5 Å². The van der Waals surface area contributed by atoms with E-state index in [4.69, 9.17) is 9.47 Å². The molecule has 3 rings (SSSR count). The first-order valence-corrected chi connectivity index (χ1v) is 7.59. The van der Waals surface area contributed by atoms with Crippen LogP contribution in [0.5, 0.6) is 11.5 Å². The molecule has 3 aromatic rings. The number of H-pyrrole nitrogens is 1. The summed E-state index contributed by atoms with van der Waals surface area (Å²) in [4.78, 5) is 15.6. The molecule has 118 valence electrons. The average molecular weight is 330 g/mol. The van der Waals surface area contributed by atoms with Crippen molar-refractivity contribution in [2.75, 3.05) is 19.5 Å². The predicted octanol–water partition coefficient (Wildman–Crippen LogP) is 2.65. The zero-order valence-corrected chi connectivity index (χ0v) is 13.3. The summed E-state index contributed by atoms with van der Waals surface area (Å²) in [6.45, 7) is 0. The number of anilines is 2. The van der Waals surface area contributed by atoms with Gasteiger partial charge < -0.3 is 14.8 Å². The van der Waals surface area contributed by atoms with Crippen molar-refractivity contribution in [3.8, 4) is 22.1 Å². The number of nitrogens with one attached hydrogen (secondary N) is 2. The van der Waals surface area contributed by atoms with Crippen LogP contribution in [0.3, 0.4) is 0 Å². The number of methoxy groups -OCH3 is 2. The Hall–Kier alpha value is -2.87. The molecule has 2 aromatic heterocycles. The van der Waals surface area contributed by atoms with Crippen LogP contribution in [0.2, 0.25) is 0 Å². The summed E-state index contributed by atoms with van der Waals surface area (Å²) >= 11 is 1.43. The summed E-state index contributed by atoms with van der Waals surface area (Å²) in [5, 5.41) is 12.9. The fraction of sp³-hybridized carbons (Fsp3) is 0.133. The summed E-state index contributed by atoms with van der Waals surface area (Å²) in [7, 11) is 3.13. The topological polar surface area (TPSA) is 89.1 Å². The van der Waals surface area contributed by atoms with Crippen molar-refractivity contribution in [3.63, 3.8) is 0 Å². The van der Waals surface area contributed by atoms with E-state index in [2.05, 4.69) is 20.5 Å². The number of rotatable bonds is 5. The largest absolute Gasteiger partial charge is 0.497 e. The van der Waals surface area contributed by atoms with E-state index >= 15 is 0 Å². The summed E-state index contributed by atoms with van der Waals surface area (Å²) in [5.74, 6) is 1.47. The molecule has 2 N–H and O–H groups in total. The van der Waals surface area contributed by atoms with Gasteiger partial charge in [-0.1, -0.05) is 6.07 Å². The van der Waals surface area contributed by atoms with Crippen molar-refractivity contribution in [1.82, 2.24) is 15.2 Å². The minimum atomic E-state index is -0.308. The van der Waals surface area contributed by atoms with Crippen molar-refractivity contribution < 1.29 is 9.47 Å². The van der Waals surface area contributed by atoms with Crippen molar-refractivity contribution in [1.29, 1.82) is 0 Å². The third-order valence-electron chi connectivity index (χ3n) is 3.11. The number of aromatic amines is 1. The van der Waals surface area contributed by atoms with Crippen molar-refractivity contribution in [3.05, 3.63) is 46.1 Å². The first kappa shape index (κ1) is 15.0. The molecule has 2 heterocycles. The van der Waals surface area contributed by atoms with E-state index in [9.17, 15) is 4.79 Å². The molecule has 0 radical (unpaired) electrons. The van der Waals surface area contributed by atoms with E-state index in [0.717, 1.165) is 4.88 Å². The van der Waals surface area contributed by atoms with E-state index in [1.54, 1.807) is 32.4 Å². The Morgan fingerprint density at radius 1 is 1.17 bits per heavy atom. The van der Waals surface area contributed by atoms with Crippen LogP contribution in [0.15, 0.2) is 40.5 Å². The van der Waals surface area contributed by atoms with Crippen LogP contribution in [-0.2, 0) is 0 Å². The second-order valence-electron chi connectivity index (χ2n) is 4.52. The number of hydrogen-bond donors (Lipinski definition) is 2. The molecular formula is C15H14N4O3S. The Kier molecular flexibility index (Phi) is 4.24. The molecule has 0 aliphatic carbocycles. The highest BCUT2D eigenvalue weighted by Crippen LogP contribution is 2.30. The third kappa shape index (κ3) is 3.16. The monoisotopic (exact) mass is 330 g/mol. The van der Waals surface area contributed by atoms with Crippen LogP contribution < -0.4 is 20.3 Å². The fourth-order valence-corrected chi connectivity index (χ4v) is 2.70. The number of benzene rings is 1. The molecule has 0 aliphatic rings. The molecule has 0 unspecified atom stereocenters. The molecular weight excluding hydrogens is 316 g/mol. The molecule has 8 heteroatoms. The highest BCUT2D eigenvalue weighted by atomic mass is 32.1. The van der Waals surface area contributed by atoms with E-state index in [1.807, 2.05) is 17.5 Å². The lowest BCUT2D eigenvalue weighted by atomic mass is 10.2. The molecule has 0 amide bonds. The average Bonchev–Trinajstić information content (AvgIpc) is 3.09. The zero-order chi connectivity index (χ0) is 16.2. The van der Waals surface area contributed by atoms with Gasteiger partial charge in [0.2, 0.25) is 5.95 Å². The first-order chi connectivity index (χ1) is 11.2. The van der Waals surface area contributed by atoms with Crippen molar-refractivity contribution in [2.24, 2.45) is 0 Å². The van der Waals surface area contributed by atoms with Crippen LogP contribution in [0.1, 0.15) is 0 Å². The SMILES string of the molecule is COc1ccc(Nc2nnc(-c3cccs3)c(=O)[nH]2)c(OC)c1. The van der Waals surface area contributed by atoms with Gasteiger partial charge in [-0.25, -0.2) is 0 Å². The van der Waals surface area contributed by atoms with Gasteiger partial charge in [-0.2, -0.15) is 0 Å². The zero-order valence-electron chi connectivity index (χ0n) is 12.5. The van der Waals surface area contributed by atoms with Crippen LogP contribution in [0.4, 0.5) is 11.6 Å². The Morgan fingerprint density at radius 2 is 2.04 bits per heavy atom. The number of hydrogen-bond acceptors (Lipinski definition) is 7. The Balaban J connectivity index is 1.89. The second-order valence-corrected chi connectivity index (χ2v) is 5.47. The molecule has 0 bridgehead atoms. The van der Waals surface area contributed by atoms with Gasteiger partial charge in [0, 0.05) is 6.07 Å². The predicted molar refractivity (Wildman–Crippen MR) is 88.8 cm³/mol. The van der Waals surface area contributed by atoms with Crippen LogP contribution >= 0.6 is 11.3 Å². The molecule has 0 atom stereocenters. The standard InChI is InChI=1S/C15H14N4O3S/c1-21-9-5-6-10(11(8-9)22-2)16-15-17-14(20)13(18-19-15)12-4-3-7-23-12/h3-8H,1-2H3,(H2,16,17,19,20). The molecule has 0 aliphatic heterocycles. The summed E-state index contributed by atoms with van der Waals surface area (Å²) in [5.41, 5.74) is 0.631. The lowest BCUT2D eigenvalue weighted by Gasteiger charge is -2.11. The van der Waals surface area contributed by atoms with Gasteiger partial charge in [-0.15, -0.1) is 21.5 Å². The maximum absolute atomic E-state index is 12.1. The molecule has 1 aromatic carbocycles. The Bertz CT molecular complexity index is 861. The van der Waals surface area contributed by atoms with Crippen molar-refractivity contribution >= 4 is 23.0 Å². The molecule has 7 nitrogen and oxygen atoms in total. The third-order valence-corrected chi connectivity index (χ3v) is 3.99. The molecule has 0 saturated heterocycles. The lowest BCUT2D eigenvalue weighted by Crippen LogP contribution is -2.15. The van der Waals surface area contributed by atoms with Gasteiger partial charge in [0.1, 0.15) is 11.5 Å². The molecule has 23 heavy (non-hydrogen) atoms. The van der Waals surface area contributed by atoms with Crippen LogP contribution in [0.25, 0.3) is 10.6 Å². The maximum Gasteiger partial charge on any atom is 0.280 e. The van der Waals surface area contributed by atoms with Gasteiger partial charge in [0.25, 0.3) is 5.56 Å². The quantitative estimate of drug-likeness (QED) is 0.747. The Morgan fingerprint density at radius 3 is 2.70 bits per heavy atom. The van der Waals surface area contributed by atoms with E-state index in [1.165, 1.54) is 11.3 Å². The molecule has 0 saturated carbocycles. The van der Waals surface area contributed by atoms with E-state index < -0.39 is 0 Å². The minimum absolute atomic E-state index is 0.235. The van der Waals surface area contributed by atoms with Gasteiger partial charge in [0.15, 0.2) is 5.69 Å². The number of ether oxygens (including phenoxy) is 2. The minimum Gasteiger partial charge on any atom is -0.497 e. The van der Waals surface area contributed by atoms with Gasteiger partial charge >= 0.3 is 0 Å². The highest BCUT2D eigenvalue weighted by molar-refractivity contribution is 7.13. The number of nitrogens with zero attached hydrogens (tertiary/aromatic N) is 2. The number of aromatic nitrogens is 3. The first-order valence-electron chi connectivity index (χ1n) is 6.71. The summed E-state index contributed by atoms with van der Waals surface area (Å²) in [6.07, 6.45) is 0. The second kappa shape index (κ2) is 6.49. The normalized spacial score (nSPS) is 10.3.